The molecule has 0 bridgehead atoms. The molecule has 0 radical (unpaired) electrons. The number of fused-ring (bicyclic) bond motifs is 2. The summed E-state index contributed by atoms with van der Waals surface area (Å²) < 4.78 is 5.60. The van der Waals surface area contributed by atoms with Crippen molar-refractivity contribution in [1.82, 2.24) is 4.98 Å². The van der Waals surface area contributed by atoms with Crippen LogP contribution in [0.15, 0.2) is 33.5 Å². The standard InChI is InChI=1S/C15H12N2O3/c1-7-3-4-12-10(5-7)13(19)11-6-9(8(2)18)14(16)17-15(11)20-12/h3-6H,1-2H3,(H2,16,17). The van der Waals surface area contributed by atoms with Crippen LogP contribution in [-0.4, -0.2) is 10.8 Å². The van der Waals surface area contributed by atoms with Crippen molar-refractivity contribution in [2.75, 3.05) is 5.73 Å². The number of hydrogen-bond acceptors (Lipinski definition) is 5. The molecule has 0 saturated carbocycles. The summed E-state index contributed by atoms with van der Waals surface area (Å²) in [6.07, 6.45) is 0. The average molecular weight is 268 g/mol. The van der Waals surface area contributed by atoms with Crippen LogP contribution in [0.25, 0.3) is 22.1 Å². The Morgan fingerprint density at radius 1 is 1.25 bits per heavy atom. The van der Waals surface area contributed by atoms with Gasteiger partial charge in [-0.15, -0.1) is 0 Å². The van der Waals surface area contributed by atoms with Crippen molar-refractivity contribution in [3.8, 4) is 0 Å². The quantitative estimate of drug-likeness (QED) is 0.541. The highest BCUT2D eigenvalue weighted by Gasteiger charge is 2.14. The lowest BCUT2D eigenvalue weighted by atomic mass is 10.1. The maximum Gasteiger partial charge on any atom is 0.232 e. The molecule has 3 aromatic rings. The van der Waals surface area contributed by atoms with E-state index in [1.807, 2.05) is 13.0 Å². The molecule has 100 valence electrons. The second kappa shape index (κ2) is 4.16. The van der Waals surface area contributed by atoms with Gasteiger partial charge in [-0.1, -0.05) is 11.6 Å². The van der Waals surface area contributed by atoms with Gasteiger partial charge in [0.2, 0.25) is 11.1 Å². The Kier molecular flexibility index (Phi) is 2.57. The number of carbonyl (C=O) groups excluding carboxylic acids is 1. The van der Waals surface area contributed by atoms with Crippen LogP contribution in [0.3, 0.4) is 0 Å². The third-order valence-corrected chi connectivity index (χ3v) is 3.23. The number of nitrogen functional groups attached to an aromatic ring is 1. The molecule has 3 rings (SSSR count). The van der Waals surface area contributed by atoms with E-state index in [9.17, 15) is 9.59 Å². The lowest BCUT2D eigenvalue weighted by molar-refractivity contribution is 0.101. The number of nitrogens with two attached hydrogens (primary N) is 1. The molecule has 0 amide bonds. The fraction of sp³-hybridized carbons (Fsp3) is 0.133. The molecule has 0 spiro atoms. The molecule has 0 atom stereocenters. The number of ketones is 1. The fourth-order valence-corrected chi connectivity index (χ4v) is 2.19. The van der Waals surface area contributed by atoms with Crippen molar-refractivity contribution >= 4 is 33.7 Å². The molecule has 0 saturated heterocycles. The van der Waals surface area contributed by atoms with Crippen LogP contribution in [0.4, 0.5) is 5.82 Å². The minimum atomic E-state index is -0.236. The second-order valence-electron chi connectivity index (χ2n) is 4.76. The molecule has 5 nitrogen and oxygen atoms in total. The van der Waals surface area contributed by atoms with Crippen LogP contribution in [0.5, 0.6) is 0 Å². The average Bonchev–Trinajstić information content (AvgIpc) is 2.39. The van der Waals surface area contributed by atoms with Gasteiger partial charge in [-0.25, -0.2) is 0 Å². The SMILES string of the molecule is CC(=O)c1cc2c(=O)c3cc(C)ccc3oc2nc1N. The van der Waals surface area contributed by atoms with Crippen molar-refractivity contribution in [2.24, 2.45) is 0 Å². The van der Waals surface area contributed by atoms with Gasteiger partial charge in [-0.05, 0) is 32.0 Å². The van der Waals surface area contributed by atoms with Crippen molar-refractivity contribution in [3.63, 3.8) is 0 Å². The van der Waals surface area contributed by atoms with E-state index in [0.717, 1.165) is 5.56 Å². The number of aromatic nitrogens is 1. The van der Waals surface area contributed by atoms with Gasteiger partial charge in [0.05, 0.1) is 16.3 Å². The zero-order valence-electron chi connectivity index (χ0n) is 11.1. The Morgan fingerprint density at radius 3 is 2.70 bits per heavy atom. The van der Waals surface area contributed by atoms with Gasteiger partial charge in [-0.2, -0.15) is 4.98 Å². The van der Waals surface area contributed by atoms with Crippen molar-refractivity contribution in [2.45, 2.75) is 13.8 Å². The fourth-order valence-electron chi connectivity index (χ4n) is 2.19. The van der Waals surface area contributed by atoms with Crippen LogP contribution in [0, 0.1) is 6.92 Å². The van der Waals surface area contributed by atoms with Gasteiger partial charge in [-0.3, -0.25) is 9.59 Å². The number of benzene rings is 1. The molecule has 0 fully saturated rings. The number of rotatable bonds is 1. The minimum absolute atomic E-state index is 0.0691. The number of pyridine rings is 1. The van der Waals surface area contributed by atoms with Gasteiger partial charge < -0.3 is 10.2 Å². The monoisotopic (exact) mass is 268 g/mol. The number of Topliss-reactive ketones (excluding diaryl/α,β-unsaturated/α-hetero) is 1. The van der Waals surface area contributed by atoms with Crippen LogP contribution < -0.4 is 11.2 Å². The Morgan fingerprint density at radius 2 is 2.00 bits per heavy atom. The summed E-state index contributed by atoms with van der Waals surface area (Å²) in [5.74, 6) is -0.166. The zero-order valence-corrected chi connectivity index (χ0v) is 11.1. The van der Waals surface area contributed by atoms with Crippen molar-refractivity contribution < 1.29 is 9.21 Å². The second-order valence-corrected chi connectivity index (χ2v) is 4.76. The van der Waals surface area contributed by atoms with Gasteiger partial charge >= 0.3 is 0 Å². The maximum absolute atomic E-state index is 12.5. The number of nitrogens with zero attached hydrogens (tertiary/aromatic N) is 1. The van der Waals surface area contributed by atoms with E-state index in [2.05, 4.69) is 4.98 Å². The topological polar surface area (TPSA) is 86.2 Å². The smallest absolute Gasteiger partial charge is 0.232 e. The van der Waals surface area contributed by atoms with E-state index < -0.39 is 0 Å². The van der Waals surface area contributed by atoms with E-state index in [0.29, 0.717) is 11.0 Å². The molecule has 5 heteroatoms. The first-order valence-corrected chi connectivity index (χ1v) is 6.12. The Balaban J connectivity index is 2.51. The van der Waals surface area contributed by atoms with Gasteiger partial charge in [0, 0.05) is 0 Å². The highest BCUT2D eigenvalue weighted by Crippen LogP contribution is 2.21. The molecule has 0 aliphatic rings. The summed E-state index contributed by atoms with van der Waals surface area (Å²) in [5, 5.41) is 0.737. The molecule has 2 N–H and O–H groups in total. The third-order valence-electron chi connectivity index (χ3n) is 3.23. The number of anilines is 1. The molecule has 2 aromatic heterocycles. The molecule has 2 heterocycles. The molecular weight excluding hydrogens is 256 g/mol. The number of carbonyl (C=O) groups is 1. The summed E-state index contributed by atoms with van der Waals surface area (Å²) >= 11 is 0. The van der Waals surface area contributed by atoms with Crippen LogP contribution in [0.1, 0.15) is 22.8 Å². The maximum atomic E-state index is 12.5. The van der Waals surface area contributed by atoms with E-state index in [-0.39, 0.29) is 33.7 Å². The zero-order chi connectivity index (χ0) is 14.4. The van der Waals surface area contributed by atoms with E-state index >= 15 is 0 Å². The van der Waals surface area contributed by atoms with Gasteiger partial charge in [0.1, 0.15) is 11.4 Å². The van der Waals surface area contributed by atoms with Crippen LogP contribution >= 0.6 is 0 Å². The summed E-state index contributed by atoms with van der Waals surface area (Å²) in [6, 6.07) is 6.78. The molecule has 20 heavy (non-hydrogen) atoms. The van der Waals surface area contributed by atoms with Crippen molar-refractivity contribution in [1.29, 1.82) is 0 Å². The van der Waals surface area contributed by atoms with Gasteiger partial charge in [0.25, 0.3) is 0 Å². The number of hydrogen-bond donors (Lipinski definition) is 1. The lowest BCUT2D eigenvalue weighted by Gasteiger charge is -2.05. The Hall–Kier alpha value is -2.69. The normalized spacial score (nSPS) is 11.1. The molecular formula is C15H12N2O3. The lowest BCUT2D eigenvalue weighted by Crippen LogP contribution is -2.08. The van der Waals surface area contributed by atoms with E-state index in [4.69, 9.17) is 10.2 Å². The van der Waals surface area contributed by atoms with E-state index in [1.54, 1.807) is 12.1 Å². The van der Waals surface area contributed by atoms with Crippen LogP contribution in [0.2, 0.25) is 0 Å². The molecule has 0 unspecified atom stereocenters. The highest BCUT2D eigenvalue weighted by molar-refractivity contribution is 6.02. The number of aryl methyl sites for hydroxylation is 1. The Bertz CT molecular complexity index is 926. The van der Waals surface area contributed by atoms with Crippen LogP contribution in [-0.2, 0) is 0 Å². The molecule has 1 aromatic carbocycles. The van der Waals surface area contributed by atoms with Crippen molar-refractivity contribution in [3.05, 3.63) is 45.6 Å². The summed E-state index contributed by atoms with van der Waals surface area (Å²) in [5.41, 5.74) is 7.30. The largest absolute Gasteiger partial charge is 0.437 e. The predicted molar refractivity (Wildman–Crippen MR) is 76.9 cm³/mol. The Labute approximate surface area is 114 Å². The first-order valence-electron chi connectivity index (χ1n) is 6.12. The first kappa shape index (κ1) is 12.3. The molecule has 0 aliphatic carbocycles. The first-order chi connectivity index (χ1) is 9.47. The summed E-state index contributed by atoms with van der Waals surface area (Å²) in [6.45, 7) is 3.28. The van der Waals surface area contributed by atoms with Gasteiger partial charge in [0.15, 0.2) is 5.78 Å². The third kappa shape index (κ3) is 1.75. The highest BCUT2D eigenvalue weighted by atomic mass is 16.3. The molecule has 0 aliphatic heterocycles. The van der Waals surface area contributed by atoms with E-state index in [1.165, 1.54) is 13.0 Å². The summed E-state index contributed by atoms with van der Waals surface area (Å²) in [4.78, 5) is 28.0. The minimum Gasteiger partial charge on any atom is -0.437 e. The predicted octanol–water partition coefficient (Wildman–Crippen LogP) is 2.43. The summed E-state index contributed by atoms with van der Waals surface area (Å²) in [7, 11) is 0.